The maximum Gasteiger partial charge on any atom is 0.313 e. The molecule has 4 heteroatoms. The van der Waals surface area contributed by atoms with Gasteiger partial charge in [-0.15, -0.1) is 0 Å². The summed E-state index contributed by atoms with van der Waals surface area (Å²) in [6.07, 6.45) is 0.620. The number of hydrogen-bond donors (Lipinski definition) is 0. The molecule has 0 saturated heterocycles. The van der Waals surface area contributed by atoms with Gasteiger partial charge in [-0.05, 0) is 18.2 Å². The predicted octanol–water partition coefficient (Wildman–Crippen LogP) is 2.71. The van der Waals surface area contributed by atoms with Crippen molar-refractivity contribution >= 4 is 23.9 Å². The highest BCUT2D eigenvalue weighted by Crippen LogP contribution is 2.21. The number of benzene rings is 1. The molecule has 0 radical (unpaired) electrons. The summed E-state index contributed by atoms with van der Waals surface area (Å²) in [4.78, 5) is 21.8. The summed E-state index contributed by atoms with van der Waals surface area (Å²) in [7, 11) is 0. The average Bonchev–Trinajstić information content (AvgIpc) is 2.20. The Kier molecular flexibility index (Phi) is 3.86. The lowest BCUT2D eigenvalue weighted by Crippen LogP contribution is -2.14. The molecule has 0 aliphatic carbocycles. The van der Waals surface area contributed by atoms with Crippen LogP contribution < -0.4 is 4.74 Å². The van der Waals surface area contributed by atoms with Crippen LogP contribution in [0.1, 0.15) is 24.2 Å². The van der Waals surface area contributed by atoms with Gasteiger partial charge >= 0.3 is 5.97 Å². The van der Waals surface area contributed by atoms with Crippen LogP contribution >= 0.6 is 11.6 Å². The molecule has 0 spiro atoms. The highest BCUT2D eigenvalue weighted by atomic mass is 35.5. The number of ether oxygens (including phenoxy) is 1. The molecule has 80 valence electrons. The summed E-state index contributed by atoms with van der Waals surface area (Å²) < 4.78 is 5.02. The normalized spacial score (nSPS) is 10.1. The van der Waals surface area contributed by atoms with Crippen LogP contribution in [-0.2, 0) is 4.79 Å². The van der Waals surface area contributed by atoms with Crippen LogP contribution in [-0.4, -0.2) is 12.3 Å². The Bertz CT molecular complexity index is 385. The first-order valence-corrected chi connectivity index (χ1v) is 4.89. The van der Waals surface area contributed by atoms with E-state index in [4.69, 9.17) is 16.3 Å². The van der Waals surface area contributed by atoms with E-state index < -0.39 is 0 Å². The zero-order chi connectivity index (χ0) is 11.4. The number of halogens is 1. The lowest BCUT2D eigenvalue weighted by Gasteiger charge is -2.07. The number of hydrogen-bond acceptors (Lipinski definition) is 3. The number of rotatable bonds is 3. The smallest absolute Gasteiger partial charge is 0.313 e. The second-order valence-corrected chi connectivity index (χ2v) is 3.78. The second-order valence-electron chi connectivity index (χ2n) is 3.38. The first kappa shape index (κ1) is 11.7. The third-order valence-corrected chi connectivity index (χ3v) is 2.13. The molecule has 1 aromatic carbocycles. The van der Waals surface area contributed by atoms with Crippen LogP contribution in [0.25, 0.3) is 0 Å². The van der Waals surface area contributed by atoms with Crippen LogP contribution in [0.3, 0.4) is 0 Å². The summed E-state index contributed by atoms with van der Waals surface area (Å²) >= 11 is 5.72. The zero-order valence-corrected chi connectivity index (χ0v) is 9.25. The quantitative estimate of drug-likeness (QED) is 0.452. The van der Waals surface area contributed by atoms with Crippen LogP contribution in [0.5, 0.6) is 5.75 Å². The molecule has 0 unspecified atom stereocenters. The minimum absolute atomic E-state index is 0.208. The van der Waals surface area contributed by atoms with E-state index in [0.717, 1.165) is 0 Å². The Morgan fingerprint density at radius 2 is 2.13 bits per heavy atom. The van der Waals surface area contributed by atoms with Crippen LogP contribution in [0, 0.1) is 5.92 Å². The van der Waals surface area contributed by atoms with E-state index in [1.165, 1.54) is 12.1 Å². The molecule has 0 heterocycles. The van der Waals surface area contributed by atoms with Gasteiger partial charge in [0.1, 0.15) is 5.75 Å². The summed E-state index contributed by atoms with van der Waals surface area (Å²) in [5.41, 5.74) is 0.311. The fourth-order valence-corrected chi connectivity index (χ4v) is 1.07. The van der Waals surface area contributed by atoms with Gasteiger partial charge in [0.25, 0.3) is 0 Å². The lowest BCUT2D eigenvalue weighted by atomic mass is 10.2. The van der Waals surface area contributed by atoms with Crippen molar-refractivity contribution in [3.63, 3.8) is 0 Å². The first-order valence-electron chi connectivity index (χ1n) is 4.51. The van der Waals surface area contributed by atoms with Crippen molar-refractivity contribution in [1.29, 1.82) is 0 Å². The number of esters is 1. The Morgan fingerprint density at radius 3 is 2.67 bits per heavy atom. The summed E-state index contributed by atoms with van der Waals surface area (Å²) in [6.45, 7) is 3.47. The molecule has 1 aromatic rings. The van der Waals surface area contributed by atoms with E-state index in [-0.39, 0.29) is 11.9 Å². The van der Waals surface area contributed by atoms with Gasteiger partial charge in [0.05, 0.1) is 10.9 Å². The third-order valence-electron chi connectivity index (χ3n) is 1.78. The van der Waals surface area contributed by atoms with E-state index in [9.17, 15) is 9.59 Å². The third kappa shape index (κ3) is 3.06. The van der Waals surface area contributed by atoms with Crippen LogP contribution in [0.4, 0.5) is 0 Å². The van der Waals surface area contributed by atoms with Gasteiger partial charge in [-0.2, -0.15) is 0 Å². The molecule has 0 aliphatic heterocycles. The maximum atomic E-state index is 11.3. The molecule has 0 amide bonds. The standard InChI is InChI=1S/C11H11ClO3/c1-7(2)11(14)15-9-3-4-10(12)8(5-9)6-13/h3-7H,1-2H3. The zero-order valence-electron chi connectivity index (χ0n) is 8.49. The Hall–Kier alpha value is -1.35. The molecule has 0 fully saturated rings. The van der Waals surface area contributed by atoms with Crippen molar-refractivity contribution in [2.75, 3.05) is 0 Å². The topological polar surface area (TPSA) is 43.4 Å². The Balaban J connectivity index is 2.87. The SMILES string of the molecule is CC(C)C(=O)Oc1ccc(Cl)c(C=O)c1. The van der Waals surface area contributed by atoms with Gasteiger partial charge in [-0.3, -0.25) is 9.59 Å². The van der Waals surface area contributed by atoms with Gasteiger partial charge < -0.3 is 4.74 Å². The molecular weight excluding hydrogens is 216 g/mol. The van der Waals surface area contributed by atoms with Crippen molar-refractivity contribution in [1.82, 2.24) is 0 Å². The van der Waals surface area contributed by atoms with E-state index in [0.29, 0.717) is 22.6 Å². The monoisotopic (exact) mass is 226 g/mol. The predicted molar refractivity (Wildman–Crippen MR) is 57.3 cm³/mol. The average molecular weight is 227 g/mol. The summed E-state index contributed by atoms with van der Waals surface area (Å²) in [5, 5.41) is 0.342. The Labute approximate surface area is 93.0 Å². The molecule has 0 bridgehead atoms. The molecule has 0 aliphatic rings. The largest absolute Gasteiger partial charge is 0.426 e. The summed E-state index contributed by atoms with van der Waals surface area (Å²) in [5.74, 6) is -0.213. The molecule has 0 N–H and O–H groups in total. The molecule has 1 rings (SSSR count). The van der Waals surface area contributed by atoms with E-state index in [1.807, 2.05) is 0 Å². The van der Waals surface area contributed by atoms with Gasteiger partial charge in [-0.1, -0.05) is 25.4 Å². The van der Waals surface area contributed by atoms with E-state index >= 15 is 0 Å². The van der Waals surface area contributed by atoms with Crippen molar-refractivity contribution < 1.29 is 14.3 Å². The van der Waals surface area contributed by atoms with Gasteiger partial charge in [0.2, 0.25) is 0 Å². The van der Waals surface area contributed by atoms with Gasteiger partial charge in [-0.25, -0.2) is 0 Å². The second kappa shape index (κ2) is 4.94. The Morgan fingerprint density at radius 1 is 1.47 bits per heavy atom. The van der Waals surface area contributed by atoms with Gasteiger partial charge in [0.15, 0.2) is 6.29 Å². The number of carbonyl (C=O) groups excluding carboxylic acids is 2. The first-order chi connectivity index (χ1) is 7.04. The molecule has 0 saturated carbocycles. The number of carbonyl (C=O) groups is 2. The highest BCUT2D eigenvalue weighted by molar-refractivity contribution is 6.33. The summed E-state index contributed by atoms with van der Waals surface area (Å²) in [6, 6.07) is 4.51. The van der Waals surface area contributed by atoms with Crippen molar-refractivity contribution in [2.45, 2.75) is 13.8 Å². The molecule has 3 nitrogen and oxygen atoms in total. The minimum Gasteiger partial charge on any atom is -0.426 e. The van der Waals surface area contributed by atoms with Crippen molar-refractivity contribution in [3.05, 3.63) is 28.8 Å². The number of aldehydes is 1. The fourth-order valence-electron chi connectivity index (χ4n) is 0.910. The van der Waals surface area contributed by atoms with Crippen molar-refractivity contribution in [3.8, 4) is 5.75 Å². The highest BCUT2D eigenvalue weighted by Gasteiger charge is 2.10. The molecular formula is C11H11ClO3. The lowest BCUT2D eigenvalue weighted by molar-refractivity contribution is -0.137. The van der Waals surface area contributed by atoms with Crippen LogP contribution in [0.15, 0.2) is 18.2 Å². The minimum atomic E-state index is -0.339. The maximum absolute atomic E-state index is 11.3. The molecule has 0 aromatic heterocycles. The molecule has 0 atom stereocenters. The van der Waals surface area contributed by atoms with E-state index in [2.05, 4.69) is 0 Å². The molecule has 15 heavy (non-hydrogen) atoms. The van der Waals surface area contributed by atoms with E-state index in [1.54, 1.807) is 19.9 Å². The van der Waals surface area contributed by atoms with Crippen LogP contribution in [0.2, 0.25) is 5.02 Å². The van der Waals surface area contributed by atoms with Crippen molar-refractivity contribution in [2.24, 2.45) is 5.92 Å². The van der Waals surface area contributed by atoms with Gasteiger partial charge in [0, 0.05) is 5.56 Å². The fraction of sp³-hybridized carbons (Fsp3) is 0.273.